The van der Waals surface area contributed by atoms with Gasteiger partial charge in [0.15, 0.2) is 5.78 Å². The zero-order chi connectivity index (χ0) is 24.1. The fourth-order valence-corrected chi connectivity index (χ4v) is 3.08. The second kappa shape index (κ2) is 9.82. The van der Waals surface area contributed by atoms with Crippen molar-refractivity contribution in [2.24, 2.45) is 0 Å². The average molecular weight is 458 g/mol. The molecular weight excluding hydrogens is 439 g/mol. The lowest BCUT2D eigenvalue weighted by Crippen LogP contribution is -2.20. The van der Waals surface area contributed by atoms with E-state index in [1.165, 1.54) is 31.2 Å². The lowest BCUT2D eigenvalue weighted by molar-refractivity contribution is -0.117. The minimum absolute atomic E-state index is 0.0975. The highest BCUT2D eigenvalue weighted by Crippen LogP contribution is 2.18. The Morgan fingerprint density at radius 3 is 2.32 bits per heavy atom. The summed E-state index contributed by atoms with van der Waals surface area (Å²) in [7, 11) is 0. The van der Waals surface area contributed by atoms with Gasteiger partial charge in [-0.15, -0.1) is 10.2 Å². The summed E-state index contributed by atoms with van der Waals surface area (Å²) < 4.78 is 13.0. The molecule has 4 aromatic rings. The molecule has 2 N–H and O–H groups in total. The van der Waals surface area contributed by atoms with Crippen LogP contribution in [0.15, 0.2) is 72.8 Å². The van der Waals surface area contributed by atoms with Gasteiger partial charge in [0.25, 0.3) is 5.91 Å². The van der Waals surface area contributed by atoms with E-state index in [-0.39, 0.29) is 24.1 Å². The van der Waals surface area contributed by atoms with E-state index in [0.717, 1.165) is 4.80 Å². The number of nitrogens with one attached hydrogen (secondary N) is 2. The fourth-order valence-electron chi connectivity index (χ4n) is 3.08. The van der Waals surface area contributed by atoms with Crippen LogP contribution in [0.25, 0.3) is 11.4 Å². The van der Waals surface area contributed by atoms with E-state index >= 15 is 0 Å². The van der Waals surface area contributed by atoms with Gasteiger partial charge in [0, 0.05) is 28.1 Å². The number of Topliss-reactive ketones (excluding diaryl/α,β-unsaturated/α-hetero) is 1. The number of hydrogen-bond donors (Lipinski definition) is 2. The predicted molar refractivity (Wildman–Crippen MR) is 123 cm³/mol. The normalized spacial score (nSPS) is 10.5. The molecule has 3 aromatic carbocycles. The molecule has 0 saturated carbocycles. The lowest BCUT2D eigenvalue weighted by Gasteiger charge is -2.06. The number of hydrogen-bond acceptors (Lipinski definition) is 6. The van der Waals surface area contributed by atoms with E-state index in [2.05, 4.69) is 26.0 Å². The largest absolute Gasteiger partial charge is 0.324 e. The van der Waals surface area contributed by atoms with Gasteiger partial charge in [-0.2, -0.15) is 4.80 Å². The molecule has 0 aliphatic heterocycles. The van der Waals surface area contributed by atoms with Gasteiger partial charge < -0.3 is 10.6 Å². The van der Waals surface area contributed by atoms with E-state index < -0.39 is 5.82 Å². The van der Waals surface area contributed by atoms with Crippen LogP contribution in [0.2, 0.25) is 0 Å². The topological polar surface area (TPSA) is 119 Å². The van der Waals surface area contributed by atoms with E-state index in [1.54, 1.807) is 48.5 Å². The second-order valence-electron chi connectivity index (χ2n) is 7.37. The minimum Gasteiger partial charge on any atom is -0.324 e. The van der Waals surface area contributed by atoms with Crippen molar-refractivity contribution in [2.75, 3.05) is 10.6 Å². The van der Waals surface area contributed by atoms with Crippen LogP contribution in [-0.4, -0.2) is 37.8 Å². The zero-order valence-corrected chi connectivity index (χ0v) is 18.0. The number of carbonyl (C=O) groups is 3. The molecule has 0 atom stereocenters. The Morgan fingerprint density at radius 2 is 1.62 bits per heavy atom. The Balaban J connectivity index is 1.36. The lowest BCUT2D eigenvalue weighted by atomic mass is 10.1. The molecule has 4 rings (SSSR count). The Labute approximate surface area is 193 Å². The summed E-state index contributed by atoms with van der Waals surface area (Å²) in [5, 5.41) is 17.5. The van der Waals surface area contributed by atoms with Gasteiger partial charge in [-0.3, -0.25) is 14.4 Å². The molecule has 1 aromatic heterocycles. The second-order valence-corrected chi connectivity index (χ2v) is 7.37. The van der Waals surface area contributed by atoms with Crippen molar-refractivity contribution < 1.29 is 18.8 Å². The number of halogens is 1. The van der Waals surface area contributed by atoms with Crippen LogP contribution in [0.3, 0.4) is 0 Å². The van der Waals surface area contributed by atoms with Crippen molar-refractivity contribution in [3.8, 4) is 11.4 Å². The first-order valence-corrected chi connectivity index (χ1v) is 10.2. The van der Waals surface area contributed by atoms with Crippen molar-refractivity contribution in [1.29, 1.82) is 0 Å². The monoisotopic (exact) mass is 458 g/mol. The third-order valence-electron chi connectivity index (χ3n) is 4.80. The number of amides is 2. The van der Waals surface area contributed by atoms with Gasteiger partial charge in [-0.25, -0.2) is 4.39 Å². The summed E-state index contributed by atoms with van der Waals surface area (Å²) >= 11 is 0. The Kier molecular flexibility index (Phi) is 6.49. The SMILES string of the molecule is CC(=O)c1cccc(NC(=O)Cn2nnc(-c3ccc(NC(=O)c4ccc(F)cc4)cc3)n2)c1. The highest BCUT2D eigenvalue weighted by molar-refractivity contribution is 6.04. The maximum atomic E-state index is 13.0. The van der Waals surface area contributed by atoms with Crippen LogP contribution in [0.1, 0.15) is 27.6 Å². The first-order chi connectivity index (χ1) is 16.4. The third kappa shape index (κ3) is 5.54. The van der Waals surface area contributed by atoms with E-state index in [4.69, 9.17) is 0 Å². The van der Waals surface area contributed by atoms with Crippen molar-refractivity contribution in [1.82, 2.24) is 20.2 Å². The average Bonchev–Trinajstić information content (AvgIpc) is 3.28. The van der Waals surface area contributed by atoms with Gasteiger partial charge in [0.2, 0.25) is 11.7 Å². The molecule has 10 heteroatoms. The highest BCUT2D eigenvalue weighted by atomic mass is 19.1. The molecule has 1 heterocycles. The number of benzene rings is 3. The van der Waals surface area contributed by atoms with Crippen molar-refractivity contribution in [2.45, 2.75) is 13.5 Å². The van der Waals surface area contributed by atoms with Crippen LogP contribution < -0.4 is 10.6 Å². The molecule has 0 unspecified atom stereocenters. The first kappa shape index (κ1) is 22.5. The Hall–Kier alpha value is -4.73. The molecule has 2 amide bonds. The molecule has 0 fully saturated rings. The molecular formula is C24H19FN6O3. The quantitative estimate of drug-likeness (QED) is 0.409. The maximum absolute atomic E-state index is 13.0. The Morgan fingerprint density at radius 1 is 0.882 bits per heavy atom. The van der Waals surface area contributed by atoms with Crippen LogP contribution in [0.4, 0.5) is 15.8 Å². The number of ketones is 1. The van der Waals surface area contributed by atoms with Gasteiger partial charge in [0.1, 0.15) is 12.4 Å². The molecule has 9 nitrogen and oxygen atoms in total. The van der Waals surface area contributed by atoms with Crippen LogP contribution in [-0.2, 0) is 11.3 Å². The van der Waals surface area contributed by atoms with Crippen molar-refractivity contribution >= 4 is 29.0 Å². The van der Waals surface area contributed by atoms with Gasteiger partial charge in [-0.1, -0.05) is 12.1 Å². The van der Waals surface area contributed by atoms with Crippen LogP contribution in [0, 0.1) is 5.82 Å². The fraction of sp³-hybridized carbons (Fsp3) is 0.0833. The van der Waals surface area contributed by atoms with Crippen LogP contribution in [0.5, 0.6) is 0 Å². The molecule has 0 radical (unpaired) electrons. The van der Waals surface area contributed by atoms with Gasteiger partial charge >= 0.3 is 0 Å². The van der Waals surface area contributed by atoms with Gasteiger partial charge in [-0.05, 0) is 72.8 Å². The molecule has 0 aliphatic rings. The minimum atomic E-state index is -0.416. The number of nitrogens with zero attached hydrogens (tertiary/aromatic N) is 4. The zero-order valence-electron chi connectivity index (χ0n) is 18.0. The molecule has 170 valence electrons. The standard InChI is InChI=1S/C24H19FN6O3/c1-15(32)18-3-2-4-21(13-18)26-22(33)14-31-29-23(28-30-31)16-7-11-20(12-8-16)27-24(34)17-5-9-19(25)10-6-17/h2-13H,14H2,1H3,(H,26,33)(H,27,34). The van der Waals surface area contributed by atoms with Crippen molar-refractivity contribution in [3.05, 3.63) is 89.7 Å². The van der Waals surface area contributed by atoms with Crippen LogP contribution >= 0.6 is 0 Å². The summed E-state index contributed by atoms with van der Waals surface area (Å²) in [6.45, 7) is 1.29. The van der Waals surface area contributed by atoms with E-state index in [9.17, 15) is 18.8 Å². The maximum Gasteiger partial charge on any atom is 0.255 e. The van der Waals surface area contributed by atoms with Crippen molar-refractivity contribution in [3.63, 3.8) is 0 Å². The van der Waals surface area contributed by atoms with E-state index in [0.29, 0.717) is 33.9 Å². The molecule has 0 aliphatic carbocycles. The number of rotatable bonds is 7. The number of anilines is 2. The molecule has 0 bridgehead atoms. The summed E-state index contributed by atoms with van der Waals surface area (Å²) in [4.78, 5) is 37.2. The highest BCUT2D eigenvalue weighted by Gasteiger charge is 2.11. The molecule has 34 heavy (non-hydrogen) atoms. The summed E-state index contributed by atoms with van der Waals surface area (Å²) in [6.07, 6.45) is 0. The van der Waals surface area contributed by atoms with Gasteiger partial charge in [0.05, 0.1) is 0 Å². The first-order valence-electron chi connectivity index (χ1n) is 10.2. The Bertz CT molecular complexity index is 1350. The summed E-state index contributed by atoms with van der Waals surface area (Å²) in [6, 6.07) is 18.6. The predicted octanol–water partition coefficient (Wildman–Crippen LogP) is 3.57. The smallest absolute Gasteiger partial charge is 0.255 e. The summed E-state index contributed by atoms with van der Waals surface area (Å²) in [5.41, 5.74) is 2.51. The third-order valence-corrected chi connectivity index (χ3v) is 4.80. The summed E-state index contributed by atoms with van der Waals surface area (Å²) in [5.74, 6) is -0.941. The number of aromatic nitrogens is 4. The number of carbonyl (C=O) groups excluding carboxylic acids is 3. The molecule has 0 spiro atoms. The molecule has 0 saturated heterocycles. The van der Waals surface area contributed by atoms with E-state index in [1.807, 2.05) is 0 Å². The number of tetrazole rings is 1.